The molecule has 6 heteroatoms. The fourth-order valence-electron chi connectivity index (χ4n) is 8.53. The highest BCUT2D eigenvalue weighted by atomic mass is 16.3. The molecule has 0 bridgehead atoms. The molecule has 0 N–H and O–H groups in total. The first-order valence-corrected chi connectivity index (χ1v) is 19.0. The van der Waals surface area contributed by atoms with E-state index < -0.39 is 0 Å². The molecule has 0 aliphatic heterocycles. The highest BCUT2D eigenvalue weighted by molar-refractivity contribution is 6.20. The van der Waals surface area contributed by atoms with E-state index in [9.17, 15) is 0 Å². The Morgan fingerprint density at radius 1 is 0.351 bits per heavy atom. The predicted molar refractivity (Wildman–Crippen MR) is 230 cm³/mol. The molecule has 0 saturated carbocycles. The first-order chi connectivity index (χ1) is 28.3. The van der Waals surface area contributed by atoms with Gasteiger partial charge in [-0.25, -0.2) is 15.0 Å². The van der Waals surface area contributed by atoms with Crippen molar-refractivity contribution >= 4 is 65.7 Å². The lowest BCUT2D eigenvalue weighted by molar-refractivity contribution is 0.668. The molecule has 0 fully saturated rings. The third-order valence-electron chi connectivity index (χ3n) is 11.1. The Kier molecular flexibility index (Phi) is 6.83. The molecule has 0 aliphatic carbocycles. The quantitative estimate of drug-likeness (QED) is 0.176. The zero-order valence-corrected chi connectivity index (χ0v) is 30.4. The Hall–Kier alpha value is -7.83. The number of hydrogen-bond acceptors (Lipinski definition) is 5. The van der Waals surface area contributed by atoms with Crippen LogP contribution in [0.3, 0.4) is 0 Å². The van der Waals surface area contributed by atoms with Crippen molar-refractivity contribution in [2.24, 2.45) is 0 Å². The van der Waals surface area contributed by atoms with Crippen molar-refractivity contribution < 1.29 is 8.83 Å². The average molecular weight is 731 g/mol. The molecule has 8 aromatic carbocycles. The first kappa shape index (κ1) is 31.5. The van der Waals surface area contributed by atoms with Crippen molar-refractivity contribution in [3.8, 4) is 51.0 Å². The number of fused-ring (bicyclic) bond motifs is 9. The van der Waals surface area contributed by atoms with Crippen molar-refractivity contribution in [3.63, 3.8) is 0 Å². The van der Waals surface area contributed by atoms with Crippen molar-refractivity contribution in [1.29, 1.82) is 0 Å². The zero-order valence-electron chi connectivity index (χ0n) is 30.4. The van der Waals surface area contributed by atoms with Gasteiger partial charge in [-0.15, -0.1) is 0 Å². The fourth-order valence-corrected chi connectivity index (χ4v) is 8.53. The lowest BCUT2D eigenvalue weighted by atomic mass is 9.97. The largest absolute Gasteiger partial charge is 0.456 e. The van der Waals surface area contributed by atoms with Crippen LogP contribution in [0.4, 0.5) is 0 Å². The highest BCUT2D eigenvalue weighted by Gasteiger charge is 2.22. The minimum Gasteiger partial charge on any atom is -0.456 e. The van der Waals surface area contributed by atoms with E-state index in [1.54, 1.807) is 0 Å². The highest BCUT2D eigenvalue weighted by Crippen LogP contribution is 2.45. The average Bonchev–Trinajstić information content (AvgIpc) is 3.96. The van der Waals surface area contributed by atoms with E-state index in [1.807, 2.05) is 66.7 Å². The molecular formula is C51H30N4O2. The summed E-state index contributed by atoms with van der Waals surface area (Å²) >= 11 is 0. The SMILES string of the molecule is c1ccc(-c2nc(-c3ccccc3)nc(-c3ccc4c(c3)oc3c(-c5cccc6oc7cccc(-n8c9ccccc9c9ccccc98)c7c56)cccc34)n2)cc1. The van der Waals surface area contributed by atoms with E-state index in [1.165, 1.54) is 10.8 Å². The molecule has 0 amide bonds. The Balaban J connectivity index is 1.06. The van der Waals surface area contributed by atoms with E-state index in [0.717, 1.165) is 88.4 Å². The van der Waals surface area contributed by atoms with Gasteiger partial charge in [0, 0.05) is 49.2 Å². The third-order valence-corrected chi connectivity index (χ3v) is 11.1. The van der Waals surface area contributed by atoms with Crippen molar-refractivity contribution in [2.75, 3.05) is 0 Å². The van der Waals surface area contributed by atoms with Gasteiger partial charge in [0.05, 0.1) is 22.1 Å². The summed E-state index contributed by atoms with van der Waals surface area (Å²) in [5, 5.41) is 6.59. The van der Waals surface area contributed by atoms with Crippen molar-refractivity contribution in [1.82, 2.24) is 19.5 Å². The number of nitrogens with zero attached hydrogens (tertiary/aromatic N) is 4. The van der Waals surface area contributed by atoms with Gasteiger partial charge in [0.25, 0.3) is 0 Å². The van der Waals surface area contributed by atoms with Gasteiger partial charge in [0.2, 0.25) is 0 Å². The maximum atomic E-state index is 6.88. The van der Waals surface area contributed by atoms with Crippen molar-refractivity contribution in [3.05, 3.63) is 182 Å². The van der Waals surface area contributed by atoms with Crippen LogP contribution in [0.1, 0.15) is 0 Å². The standard InChI is InChI=1S/C51H30N4O2/c1-3-14-31(15-4-1)49-52-50(32-16-5-2-6-17-32)54-51(53-49)33-28-29-36-38-21-11-22-39(48(38)57-45(36)30-33)37-20-12-26-43-46(37)47-42(25-13-27-44(47)56-43)55-40-23-9-7-18-34(40)35-19-8-10-24-41(35)55/h1-30H. The summed E-state index contributed by atoms with van der Waals surface area (Å²) in [4.78, 5) is 14.8. The minimum atomic E-state index is 0.581. The zero-order chi connectivity index (χ0) is 37.5. The van der Waals surface area contributed by atoms with E-state index >= 15 is 0 Å². The summed E-state index contributed by atoms with van der Waals surface area (Å²) in [5.41, 5.74) is 11.3. The number of rotatable bonds is 5. The molecule has 57 heavy (non-hydrogen) atoms. The molecule has 0 radical (unpaired) electrons. The van der Waals surface area contributed by atoms with Crippen LogP contribution < -0.4 is 0 Å². The molecule has 4 heterocycles. The second-order valence-electron chi connectivity index (χ2n) is 14.3. The molecule has 6 nitrogen and oxygen atoms in total. The van der Waals surface area contributed by atoms with E-state index in [0.29, 0.717) is 17.5 Å². The van der Waals surface area contributed by atoms with E-state index in [-0.39, 0.29) is 0 Å². The summed E-state index contributed by atoms with van der Waals surface area (Å²) in [6, 6.07) is 62.5. The summed E-state index contributed by atoms with van der Waals surface area (Å²) in [6.45, 7) is 0. The molecule has 0 aliphatic rings. The van der Waals surface area contributed by atoms with Gasteiger partial charge in [-0.05, 0) is 48.0 Å². The maximum Gasteiger partial charge on any atom is 0.164 e. The fraction of sp³-hybridized carbons (Fsp3) is 0. The third kappa shape index (κ3) is 4.87. The number of aromatic nitrogens is 4. The number of para-hydroxylation sites is 3. The van der Waals surface area contributed by atoms with Crippen LogP contribution in [0.5, 0.6) is 0 Å². The van der Waals surface area contributed by atoms with Crippen LogP contribution in [-0.2, 0) is 0 Å². The van der Waals surface area contributed by atoms with Crippen LogP contribution in [0, 0.1) is 0 Å². The number of furan rings is 2. The van der Waals surface area contributed by atoms with Crippen LogP contribution in [-0.4, -0.2) is 19.5 Å². The Labute approximate surface area is 325 Å². The van der Waals surface area contributed by atoms with Crippen LogP contribution in [0.25, 0.3) is 117 Å². The van der Waals surface area contributed by atoms with Gasteiger partial charge in [-0.2, -0.15) is 0 Å². The molecule has 266 valence electrons. The Morgan fingerprint density at radius 2 is 0.895 bits per heavy atom. The summed E-state index contributed by atoms with van der Waals surface area (Å²) < 4.78 is 15.9. The first-order valence-electron chi connectivity index (χ1n) is 19.0. The molecule has 0 unspecified atom stereocenters. The Morgan fingerprint density at radius 3 is 1.58 bits per heavy atom. The maximum absolute atomic E-state index is 6.88. The summed E-state index contributed by atoms with van der Waals surface area (Å²) in [5.74, 6) is 1.82. The Bertz CT molecular complexity index is 3410. The molecule has 12 rings (SSSR count). The van der Waals surface area contributed by atoms with E-state index in [2.05, 4.69) is 120 Å². The normalized spacial score (nSPS) is 11.9. The molecule has 0 atom stereocenters. The number of benzene rings is 8. The monoisotopic (exact) mass is 730 g/mol. The van der Waals surface area contributed by atoms with Crippen molar-refractivity contribution in [2.45, 2.75) is 0 Å². The molecule has 12 aromatic rings. The second-order valence-corrected chi connectivity index (χ2v) is 14.3. The van der Waals surface area contributed by atoms with Gasteiger partial charge >= 0.3 is 0 Å². The lowest BCUT2D eigenvalue weighted by Gasteiger charge is -2.11. The lowest BCUT2D eigenvalue weighted by Crippen LogP contribution is -2.00. The minimum absolute atomic E-state index is 0.581. The van der Waals surface area contributed by atoms with E-state index in [4.69, 9.17) is 23.8 Å². The smallest absolute Gasteiger partial charge is 0.164 e. The van der Waals surface area contributed by atoms with Crippen LogP contribution in [0.2, 0.25) is 0 Å². The number of hydrogen-bond donors (Lipinski definition) is 0. The second kappa shape index (κ2) is 12.3. The molecule has 4 aromatic heterocycles. The van der Waals surface area contributed by atoms with Gasteiger partial charge in [-0.3, -0.25) is 0 Å². The van der Waals surface area contributed by atoms with Crippen LogP contribution in [0.15, 0.2) is 191 Å². The van der Waals surface area contributed by atoms with Gasteiger partial charge in [-0.1, -0.05) is 140 Å². The van der Waals surface area contributed by atoms with Gasteiger partial charge < -0.3 is 13.4 Å². The van der Waals surface area contributed by atoms with Gasteiger partial charge in [0.15, 0.2) is 17.5 Å². The molecule has 0 spiro atoms. The van der Waals surface area contributed by atoms with Crippen LogP contribution >= 0.6 is 0 Å². The van der Waals surface area contributed by atoms with Gasteiger partial charge in [0.1, 0.15) is 22.3 Å². The predicted octanol–water partition coefficient (Wildman–Crippen LogP) is 13.4. The summed E-state index contributed by atoms with van der Waals surface area (Å²) in [6.07, 6.45) is 0. The summed E-state index contributed by atoms with van der Waals surface area (Å²) in [7, 11) is 0. The molecule has 0 saturated heterocycles. The topological polar surface area (TPSA) is 69.9 Å². The molecular weight excluding hydrogens is 701 g/mol.